The summed E-state index contributed by atoms with van der Waals surface area (Å²) in [5.74, 6) is -1.07. The molecule has 0 bridgehead atoms. The van der Waals surface area contributed by atoms with Crippen molar-refractivity contribution in [2.45, 2.75) is 26.2 Å². The van der Waals surface area contributed by atoms with Gasteiger partial charge in [-0.15, -0.1) is 0 Å². The van der Waals surface area contributed by atoms with Gasteiger partial charge in [-0.05, 0) is 17.6 Å². The van der Waals surface area contributed by atoms with Crippen LogP contribution in [0.5, 0.6) is 0 Å². The van der Waals surface area contributed by atoms with Crippen molar-refractivity contribution in [2.24, 2.45) is 7.05 Å². The summed E-state index contributed by atoms with van der Waals surface area (Å²) in [6.07, 6.45) is 1.45. The van der Waals surface area contributed by atoms with Gasteiger partial charge in [-0.3, -0.25) is 9.48 Å². The fourth-order valence-electron chi connectivity index (χ4n) is 1.77. The predicted octanol–water partition coefficient (Wildman–Crippen LogP) is 2.21. The van der Waals surface area contributed by atoms with Crippen LogP contribution in [0.3, 0.4) is 0 Å². The average Bonchev–Trinajstić information content (AvgIpc) is 3.03. The van der Waals surface area contributed by atoms with Crippen LogP contribution in [0.25, 0.3) is 0 Å². The minimum absolute atomic E-state index is 0.0278. The number of methoxy groups -OCH3 is 1. The first kappa shape index (κ1) is 16.2. The van der Waals surface area contributed by atoms with E-state index in [1.165, 1.54) is 29.5 Å². The molecule has 2 heterocycles. The van der Waals surface area contributed by atoms with E-state index in [2.05, 4.69) is 19.5 Å². The number of esters is 1. The first-order chi connectivity index (χ1) is 10.2. The van der Waals surface area contributed by atoms with Gasteiger partial charge in [0.25, 0.3) is 5.91 Å². The van der Waals surface area contributed by atoms with Crippen molar-refractivity contribution in [1.82, 2.24) is 14.2 Å². The Kier molecular flexibility index (Phi) is 4.32. The Morgan fingerprint density at radius 1 is 1.36 bits per heavy atom. The molecule has 2 aromatic heterocycles. The molecule has 7 nitrogen and oxygen atoms in total. The monoisotopic (exact) mass is 322 g/mol. The lowest BCUT2D eigenvalue weighted by atomic mass is 9.92. The van der Waals surface area contributed by atoms with Crippen molar-refractivity contribution in [3.05, 3.63) is 29.2 Å². The maximum atomic E-state index is 12.3. The summed E-state index contributed by atoms with van der Waals surface area (Å²) in [5, 5.41) is 7.34. The highest BCUT2D eigenvalue weighted by Crippen LogP contribution is 2.27. The van der Waals surface area contributed by atoms with Gasteiger partial charge in [-0.1, -0.05) is 20.8 Å². The van der Waals surface area contributed by atoms with Crippen molar-refractivity contribution >= 4 is 28.4 Å². The minimum Gasteiger partial charge on any atom is -0.465 e. The zero-order chi connectivity index (χ0) is 16.5. The molecule has 0 aliphatic heterocycles. The number of anilines is 1. The average molecular weight is 322 g/mol. The summed E-state index contributed by atoms with van der Waals surface area (Å²) in [4.78, 5) is 24.0. The molecule has 0 fully saturated rings. The number of hydrogen-bond acceptors (Lipinski definition) is 6. The zero-order valence-corrected chi connectivity index (χ0v) is 13.9. The smallest absolute Gasteiger partial charge is 0.341 e. The molecular formula is C14H18N4O3S. The SMILES string of the molecule is COC(=O)c1cn(C)nc1C(=O)Nc1cc(C(C)(C)C)ns1. The molecule has 0 radical (unpaired) electrons. The van der Waals surface area contributed by atoms with Gasteiger partial charge in [0.2, 0.25) is 0 Å². The number of aromatic nitrogens is 3. The van der Waals surface area contributed by atoms with E-state index < -0.39 is 11.9 Å². The fourth-order valence-corrected chi connectivity index (χ4v) is 2.60. The van der Waals surface area contributed by atoms with E-state index in [0.717, 1.165) is 5.69 Å². The van der Waals surface area contributed by atoms with Crippen LogP contribution < -0.4 is 5.32 Å². The molecule has 0 aliphatic rings. The molecule has 22 heavy (non-hydrogen) atoms. The molecule has 2 aromatic rings. The molecule has 0 unspecified atom stereocenters. The number of aryl methyl sites for hydroxylation is 1. The van der Waals surface area contributed by atoms with E-state index in [1.807, 2.05) is 26.8 Å². The third-order valence-electron chi connectivity index (χ3n) is 2.96. The Balaban J connectivity index is 2.23. The first-order valence-electron chi connectivity index (χ1n) is 6.63. The van der Waals surface area contributed by atoms with Crippen molar-refractivity contribution in [3.63, 3.8) is 0 Å². The van der Waals surface area contributed by atoms with Crippen LogP contribution >= 0.6 is 11.5 Å². The number of amides is 1. The molecular weight excluding hydrogens is 304 g/mol. The highest BCUT2D eigenvalue weighted by molar-refractivity contribution is 7.10. The van der Waals surface area contributed by atoms with E-state index in [1.54, 1.807) is 7.05 Å². The number of hydrogen-bond donors (Lipinski definition) is 1. The normalized spacial score (nSPS) is 11.3. The Bertz CT molecular complexity index is 712. The molecule has 8 heteroatoms. The second-order valence-corrected chi connectivity index (χ2v) is 6.64. The molecule has 0 aromatic carbocycles. The molecule has 0 saturated carbocycles. The van der Waals surface area contributed by atoms with Crippen molar-refractivity contribution in [1.29, 1.82) is 0 Å². The quantitative estimate of drug-likeness (QED) is 0.876. The summed E-state index contributed by atoms with van der Waals surface area (Å²) >= 11 is 1.19. The van der Waals surface area contributed by atoms with Crippen molar-refractivity contribution in [2.75, 3.05) is 12.4 Å². The second-order valence-electron chi connectivity index (χ2n) is 5.84. The molecule has 2 rings (SSSR count). The number of ether oxygens (including phenoxy) is 1. The molecule has 0 atom stereocenters. The largest absolute Gasteiger partial charge is 0.465 e. The van der Waals surface area contributed by atoms with Crippen molar-refractivity contribution < 1.29 is 14.3 Å². The van der Waals surface area contributed by atoms with Crippen LogP contribution in [0.15, 0.2) is 12.3 Å². The molecule has 1 amide bonds. The molecule has 1 N–H and O–H groups in total. The number of nitrogens with one attached hydrogen (secondary N) is 1. The maximum absolute atomic E-state index is 12.3. The summed E-state index contributed by atoms with van der Waals surface area (Å²) < 4.78 is 10.4. The minimum atomic E-state index is -0.599. The van der Waals surface area contributed by atoms with Crippen LogP contribution in [0.2, 0.25) is 0 Å². The van der Waals surface area contributed by atoms with Gasteiger partial charge in [-0.25, -0.2) is 4.79 Å². The maximum Gasteiger partial charge on any atom is 0.341 e. The van der Waals surface area contributed by atoms with Crippen LogP contribution in [0, 0.1) is 0 Å². The summed E-state index contributed by atoms with van der Waals surface area (Å²) in [6, 6.07) is 1.82. The van der Waals surface area contributed by atoms with Gasteiger partial charge in [0.15, 0.2) is 5.69 Å². The summed E-state index contributed by atoms with van der Waals surface area (Å²) in [5.41, 5.74) is 0.951. The highest BCUT2D eigenvalue weighted by atomic mass is 32.1. The van der Waals surface area contributed by atoms with Gasteiger partial charge < -0.3 is 10.1 Å². The van der Waals surface area contributed by atoms with E-state index >= 15 is 0 Å². The fraction of sp³-hybridized carbons (Fsp3) is 0.429. The van der Waals surface area contributed by atoms with Crippen LogP contribution in [0.4, 0.5) is 5.00 Å². The summed E-state index contributed by atoms with van der Waals surface area (Å²) in [7, 11) is 2.89. The zero-order valence-electron chi connectivity index (χ0n) is 13.1. The Labute approximate surface area is 132 Å². The van der Waals surface area contributed by atoms with Gasteiger partial charge in [0, 0.05) is 18.7 Å². The molecule has 118 valence electrons. The van der Waals surface area contributed by atoms with Gasteiger partial charge in [0.1, 0.15) is 10.6 Å². The molecule has 0 saturated heterocycles. The van der Waals surface area contributed by atoms with Gasteiger partial charge >= 0.3 is 5.97 Å². The van der Waals surface area contributed by atoms with E-state index in [9.17, 15) is 9.59 Å². The van der Waals surface area contributed by atoms with Gasteiger partial charge in [0.05, 0.1) is 12.8 Å². The lowest BCUT2D eigenvalue weighted by molar-refractivity contribution is 0.0597. The van der Waals surface area contributed by atoms with Gasteiger partial charge in [-0.2, -0.15) is 9.47 Å². The van der Waals surface area contributed by atoms with E-state index in [0.29, 0.717) is 5.00 Å². The molecule has 0 aliphatic carbocycles. The van der Waals surface area contributed by atoms with Crippen LogP contribution in [0.1, 0.15) is 47.3 Å². The first-order valence-corrected chi connectivity index (χ1v) is 7.40. The van der Waals surface area contributed by atoms with E-state index in [-0.39, 0.29) is 16.7 Å². The third-order valence-corrected chi connectivity index (χ3v) is 3.67. The van der Waals surface area contributed by atoms with E-state index in [4.69, 9.17) is 0 Å². The summed E-state index contributed by atoms with van der Waals surface area (Å²) in [6.45, 7) is 6.13. The number of carbonyl (C=O) groups excluding carboxylic acids is 2. The number of nitrogens with zero attached hydrogens (tertiary/aromatic N) is 3. The predicted molar refractivity (Wildman–Crippen MR) is 83.3 cm³/mol. The Morgan fingerprint density at radius 3 is 2.59 bits per heavy atom. The number of carbonyl (C=O) groups is 2. The second kappa shape index (κ2) is 5.88. The third kappa shape index (κ3) is 3.33. The Hall–Kier alpha value is -2.22. The number of rotatable bonds is 3. The topological polar surface area (TPSA) is 86.1 Å². The van der Waals surface area contributed by atoms with Crippen LogP contribution in [-0.4, -0.2) is 33.1 Å². The lowest BCUT2D eigenvalue weighted by Gasteiger charge is -2.13. The Morgan fingerprint density at radius 2 is 2.05 bits per heavy atom. The van der Waals surface area contributed by atoms with Crippen LogP contribution in [-0.2, 0) is 17.2 Å². The van der Waals surface area contributed by atoms with Crippen molar-refractivity contribution in [3.8, 4) is 0 Å². The molecule has 0 spiro atoms. The lowest BCUT2D eigenvalue weighted by Crippen LogP contribution is -2.16. The highest BCUT2D eigenvalue weighted by Gasteiger charge is 2.23. The standard InChI is InChI=1S/C14H18N4O3S/c1-14(2,3)9-6-10(22-17-9)15-12(19)11-8(13(20)21-5)7-18(4)16-11/h6-7H,1-5H3,(H,15,19).